The Hall–Kier alpha value is -2.93. The number of aromatic nitrogens is 1. The highest BCUT2D eigenvalue weighted by atomic mass is 19.1. The molecule has 38 heavy (non-hydrogen) atoms. The van der Waals surface area contributed by atoms with Crippen LogP contribution in [0.4, 0.5) is 8.78 Å². The number of likely N-dealkylation sites (tertiary alicyclic amines) is 1. The first-order chi connectivity index (χ1) is 18.4. The number of fused-ring (bicyclic) bond motifs is 3. The molecule has 0 unspecified atom stereocenters. The number of halogens is 2. The largest absolute Gasteiger partial charge is 0.492 e. The van der Waals surface area contributed by atoms with E-state index < -0.39 is 17.7 Å². The average Bonchev–Trinajstić information content (AvgIpc) is 3.53. The molecule has 2 atom stereocenters. The second-order valence-electron chi connectivity index (χ2n) is 11.4. The molecule has 1 aromatic heterocycles. The SMILES string of the molecule is CCC1CN(CCOc2cc(F)c([C@@H]3c4[nH]c5ccccc5c4C[C@@H](C)N3C(=O)C3CCCC3)c(F)c2)C1. The van der Waals surface area contributed by atoms with Crippen LogP contribution < -0.4 is 4.74 Å². The molecule has 3 aromatic rings. The Balaban J connectivity index is 1.34. The highest BCUT2D eigenvalue weighted by molar-refractivity contribution is 5.87. The van der Waals surface area contributed by atoms with Gasteiger partial charge < -0.3 is 14.6 Å². The van der Waals surface area contributed by atoms with Gasteiger partial charge in [0.05, 0.1) is 5.56 Å². The van der Waals surface area contributed by atoms with Gasteiger partial charge in [0.2, 0.25) is 5.91 Å². The number of H-pyrrole nitrogens is 1. The fraction of sp³-hybridized carbons (Fsp3) is 0.516. The molecule has 2 aliphatic heterocycles. The second-order valence-corrected chi connectivity index (χ2v) is 11.4. The maximum Gasteiger partial charge on any atom is 0.226 e. The summed E-state index contributed by atoms with van der Waals surface area (Å²) in [6.07, 6.45) is 5.53. The molecular weight excluding hydrogens is 484 g/mol. The van der Waals surface area contributed by atoms with Gasteiger partial charge in [-0.15, -0.1) is 0 Å². The summed E-state index contributed by atoms with van der Waals surface area (Å²) in [5.41, 5.74) is 2.58. The number of rotatable bonds is 7. The molecule has 1 saturated heterocycles. The maximum atomic E-state index is 15.9. The van der Waals surface area contributed by atoms with E-state index in [0.717, 1.165) is 67.7 Å². The van der Waals surface area contributed by atoms with Gasteiger partial charge in [-0.3, -0.25) is 9.69 Å². The van der Waals surface area contributed by atoms with E-state index in [2.05, 4.69) is 16.8 Å². The number of hydrogen-bond donors (Lipinski definition) is 1. The van der Waals surface area contributed by atoms with Crippen molar-refractivity contribution in [2.24, 2.45) is 11.8 Å². The van der Waals surface area contributed by atoms with Crippen molar-refractivity contribution in [1.29, 1.82) is 0 Å². The monoisotopic (exact) mass is 521 g/mol. The zero-order valence-corrected chi connectivity index (χ0v) is 22.3. The van der Waals surface area contributed by atoms with Crippen molar-refractivity contribution in [3.63, 3.8) is 0 Å². The Labute approximate surface area is 223 Å². The number of hydrogen-bond acceptors (Lipinski definition) is 3. The van der Waals surface area contributed by atoms with E-state index in [9.17, 15) is 4.79 Å². The summed E-state index contributed by atoms with van der Waals surface area (Å²) in [5, 5.41) is 1.05. The van der Waals surface area contributed by atoms with Crippen LogP contribution in [-0.4, -0.2) is 53.0 Å². The van der Waals surface area contributed by atoms with Crippen LogP contribution in [0.15, 0.2) is 36.4 Å². The zero-order chi connectivity index (χ0) is 26.4. The lowest BCUT2D eigenvalue weighted by Gasteiger charge is -2.42. The minimum absolute atomic E-state index is 0.00311. The van der Waals surface area contributed by atoms with E-state index in [1.807, 2.05) is 31.2 Å². The average molecular weight is 522 g/mol. The van der Waals surface area contributed by atoms with Crippen molar-refractivity contribution in [3.05, 3.63) is 64.9 Å². The normalized spacial score (nSPS) is 22.6. The van der Waals surface area contributed by atoms with E-state index in [0.29, 0.717) is 18.7 Å². The molecular formula is C31H37F2N3O2. The molecule has 3 aliphatic rings. The van der Waals surface area contributed by atoms with Gasteiger partial charge >= 0.3 is 0 Å². The first-order valence-corrected chi connectivity index (χ1v) is 14.2. The molecule has 5 nitrogen and oxygen atoms in total. The Kier molecular flexibility index (Phi) is 6.89. The van der Waals surface area contributed by atoms with Gasteiger partial charge in [-0.25, -0.2) is 8.78 Å². The summed E-state index contributed by atoms with van der Waals surface area (Å²) < 4.78 is 37.5. The standard InChI is InChI=1S/C31H37F2N3O2/c1-3-20-17-35(18-20)12-13-38-22-15-25(32)28(26(33)16-22)30-29-24(23-10-6-7-11-27(23)34-29)14-19(2)36(30)31(37)21-8-4-5-9-21/h6-7,10-11,15-16,19-21,30,34H,3-5,8-9,12-14,17-18H2,1-2H3/t19-,30-/m1/s1. The predicted molar refractivity (Wildman–Crippen MR) is 144 cm³/mol. The molecule has 1 N–H and O–H groups in total. The summed E-state index contributed by atoms with van der Waals surface area (Å²) in [6.45, 7) is 7.42. The third kappa shape index (κ3) is 4.49. The minimum Gasteiger partial charge on any atom is -0.492 e. The van der Waals surface area contributed by atoms with E-state index in [1.54, 1.807) is 4.90 Å². The van der Waals surface area contributed by atoms with Gasteiger partial charge in [-0.05, 0) is 43.7 Å². The van der Waals surface area contributed by atoms with E-state index in [-0.39, 0.29) is 29.2 Å². The molecule has 2 aromatic carbocycles. The molecule has 2 fully saturated rings. The maximum absolute atomic E-state index is 15.9. The summed E-state index contributed by atoms with van der Waals surface area (Å²) in [4.78, 5) is 21.3. The van der Waals surface area contributed by atoms with Gasteiger partial charge in [0.25, 0.3) is 0 Å². The van der Waals surface area contributed by atoms with Gasteiger partial charge in [0, 0.05) is 60.3 Å². The van der Waals surface area contributed by atoms with Crippen LogP contribution in [0.3, 0.4) is 0 Å². The van der Waals surface area contributed by atoms with Gasteiger partial charge in [-0.2, -0.15) is 0 Å². The van der Waals surface area contributed by atoms with Crippen molar-refractivity contribution in [1.82, 2.24) is 14.8 Å². The van der Waals surface area contributed by atoms with E-state index in [4.69, 9.17) is 4.74 Å². The first-order valence-electron chi connectivity index (χ1n) is 14.2. The molecule has 7 heteroatoms. The van der Waals surface area contributed by atoms with E-state index in [1.165, 1.54) is 18.6 Å². The smallest absolute Gasteiger partial charge is 0.226 e. The Bertz CT molecular complexity index is 1300. The van der Waals surface area contributed by atoms with Crippen LogP contribution in [0.2, 0.25) is 0 Å². The van der Waals surface area contributed by atoms with Crippen LogP contribution in [-0.2, 0) is 11.2 Å². The van der Waals surface area contributed by atoms with Crippen LogP contribution in [0.25, 0.3) is 10.9 Å². The number of nitrogens with one attached hydrogen (secondary N) is 1. The Morgan fingerprint density at radius 1 is 1.11 bits per heavy atom. The van der Waals surface area contributed by atoms with Crippen LogP contribution in [0, 0.1) is 23.5 Å². The molecule has 0 spiro atoms. The Morgan fingerprint density at radius 3 is 2.53 bits per heavy atom. The number of aromatic amines is 1. The first kappa shape index (κ1) is 25.4. The number of carbonyl (C=O) groups excluding carboxylic acids is 1. The second kappa shape index (κ2) is 10.3. The topological polar surface area (TPSA) is 48.6 Å². The summed E-state index contributed by atoms with van der Waals surface area (Å²) in [6, 6.07) is 9.46. The fourth-order valence-corrected chi connectivity index (χ4v) is 6.79. The number of benzene rings is 2. The lowest BCUT2D eigenvalue weighted by Crippen LogP contribution is -2.48. The summed E-state index contributed by atoms with van der Waals surface area (Å²) >= 11 is 0. The van der Waals surface area contributed by atoms with Gasteiger partial charge in [0.1, 0.15) is 30.0 Å². The number of amides is 1. The summed E-state index contributed by atoms with van der Waals surface area (Å²) in [7, 11) is 0. The molecule has 1 amide bonds. The van der Waals surface area contributed by atoms with Crippen molar-refractivity contribution in [2.45, 2.75) is 64.5 Å². The van der Waals surface area contributed by atoms with Crippen molar-refractivity contribution in [2.75, 3.05) is 26.2 Å². The quantitative estimate of drug-likeness (QED) is 0.402. The number of ether oxygens (including phenoxy) is 1. The third-order valence-electron chi connectivity index (χ3n) is 8.94. The third-order valence-corrected chi connectivity index (χ3v) is 8.94. The predicted octanol–water partition coefficient (Wildman–Crippen LogP) is 6.22. The van der Waals surface area contributed by atoms with Crippen LogP contribution >= 0.6 is 0 Å². The molecule has 1 saturated carbocycles. The van der Waals surface area contributed by atoms with Gasteiger partial charge in [0.15, 0.2) is 0 Å². The highest BCUT2D eigenvalue weighted by Crippen LogP contribution is 2.44. The summed E-state index contributed by atoms with van der Waals surface area (Å²) in [5.74, 6) is -0.514. The molecule has 202 valence electrons. The van der Waals surface area contributed by atoms with Crippen molar-refractivity contribution in [3.8, 4) is 5.75 Å². The lowest BCUT2D eigenvalue weighted by molar-refractivity contribution is -0.140. The zero-order valence-electron chi connectivity index (χ0n) is 22.3. The lowest BCUT2D eigenvalue weighted by atomic mass is 9.86. The number of nitrogens with zero attached hydrogens (tertiary/aromatic N) is 2. The molecule has 0 bridgehead atoms. The van der Waals surface area contributed by atoms with E-state index >= 15 is 8.78 Å². The molecule has 1 aliphatic carbocycles. The minimum atomic E-state index is -0.852. The molecule has 0 radical (unpaired) electrons. The molecule has 3 heterocycles. The number of para-hydroxylation sites is 1. The number of carbonyl (C=O) groups is 1. The highest BCUT2D eigenvalue weighted by Gasteiger charge is 2.43. The van der Waals surface area contributed by atoms with Gasteiger partial charge in [-0.1, -0.05) is 44.4 Å². The molecule has 6 rings (SSSR count). The Morgan fingerprint density at radius 2 is 1.82 bits per heavy atom. The van der Waals surface area contributed by atoms with Crippen molar-refractivity contribution < 1.29 is 18.3 Å². The fourth-order valence-electron chi connectivity index (χ4n) is 6.79. The van der Waals surface area contributed by atoms with Crippen LogP contribution in [0.1, 0.15) is 68.8 Å². The van der Waals surface area contributed by atoms with Crippen molar-refractivity contribution >= 4 is 16.8 Å². The van der Waals surface area contributed by atoms with Crippen LogP contribution in [0.5, 0.6) is 5.75 Å².